The van der Waals surface area contributed by atoms with Crippen molar-refractivity contribution in [3.8, 4) is 0 Å². The van der Waals surface area contributed by atoms with E-state index in [0.29, 0.717) is 13.1 Å². The second-order valence-corrected chi connectivity index (χ2v) is 6.49. The molecule has 21 heavy (non-hydrogen) atoms. The maximum atomic E-state index is 11.9. The highest BCUT2D eigenvalue weighted by molar-refractivity contribution is 7.09. The van der Waals surface area contributed by atoms with Crippen LogP contribution in [0.2, 0.25) is 0 Å². The molecule has 1 aliphatic rings. The van der Waals surface area contributed by atoms with E-state index in [1.54, 1.807) is 11.3 Å². The number of hydrogen-bond donors (Lipinski definition) is 2. The highest BCUT2D eigenvalue weighted by atomic mass is 32.1. The van der Waals surface area contributed by atoms with Gasteiger partial charge in [0.15, 0.2) is 0 Å². The van der Waals surface area contributed by atoms with Crippen LogP contribution >= 0.6 is 11.3 Å². The van der Waals surface area contributed by atoms with E-state index >= 15 is 0 Å². The lowest BCUT2D eigenvalue weighted by molar-refractivity contribution is -0.122. The summed E-state index contributed by atoms with van der Waals surface area (Å²) in [5, 5.41) is 7.95. The molecule has 116 valence electrons. The fourth-order valence-electron chi connectivity index (χ4n) is 2.64. The van der Waals surface area contributed by atoms with Gasteiger partial charge in [-0.25, -0.2) is 0 Å². The van der Waals surface area contributed by atoms with Crippen molar-refractivity contribution in [1.29, 1.82) is 0 Å². The van der Waals surface area contributed by atoms with Crippen LogP contribution in [0.15, 0.2) is 17.5 Å². The highest BCUT2D eigenvalue weighted by Crippen LogP contribution is 2.10. The lowest BCUT2D eigenvalue weighted by atomic mass is 10.1. The molecule has 2 N–H and O–H groups in total. The SMILES string of the molecule is CC(=O)NC1CCCN(CC(=O)NCCc2cccs2)C1. The molecule has 0 radical (unpaired) electrons. The fourth-order valence-corrected chi connectivity index (χ4v) is 3.35. The predicted octanol–water partition coefficient (Wildman–Crippen LogP) is 1.01. The number of amides is 2. The molecule has 0 saturated carbocycles. The molecule has 2 heterocycles. The van der Waals surface area contributed by atoms with Gasteiger partial charge in [0.25, 0.3) is 0 Å². The molecule has 0 aromatic carbocycles. The van der Waals surface area contributed by atoms with Gasteiger partial charge in [-0.15, -0.1) is 11.3 Å². The predicted molar refractivity (Wildman–Crippen MR) is 84.3 cm³/mol. The Morgan fingerprint density at radius 3 is 3.05 bits per heavy atom. The molecule has 6 heteroatoms. The molecule has 0 spiro atoms. The molecular formula is C15H23N3O2S. The van der Waals surface area contributed by atoms with Crippen LogP contribution in [0.3, 0.4) is 0 Å². The normalized spacial score (nSPS) is 19.2. The van der Waals surface area contributed by atoms with Gasteiger partial charge >= 0.3 is 0 Å². The van der Waals surface area contributed by atoms with Gasteiger partial charge in [-0.2, -0.15) is 0 Å². The summed E-state index contributed by atoms with van der Waals surface area (Å²) in [5.41, 5.74) is 0. The lowest BCUT2D eigenvalue weighted by Crippen LogP contribution is -2.49. The van der Waals surface area contributed by atoms with Gasteiger partial charge in [0.2, 0.25) is 11.8 Å². The zero-order valence-corrected chi connectivity index (χ0v) is 13.2. The summed E-state index contributed by atoms with van der Waals surface area (Å²) in [6.07, 6.45) is 2.90. The standard InChI is InChI=1S/C15H23N3O2S/c1-12(19)17-13-4-2-8-18(10-13)11-15(20)16-7-6-14-5-3-9-21-14/h3,5,9,13H,2,4,6-8,10-11H2,1H3,(H,16,20)(H,17,19). The Balaban J connectivity index is 1.65. The minimum absolute atomic E-state index is 0.00208. The average molecular weight is 309 g/mol. The number of rotatable bonds is 6. The van der Waals surface area contributed by atoms with E-state index in [1.165, 1.54) is 11.8 Å². The van der Waals surface area contributed by atoms with Gasteiger partial charge in [0.05, 0.1) is 6.54 Å². The van der Waals surface area contributed by atoms with E-state index in [0.717, 1.165) is 32.4 Å². The van der Waals surface area contributed by atoms with Crippen LogP contribution in [0.1, 0.15) is 24.6 Å². The molecular weight excluding hydrogens is 286 g/mol. The Labute approximate surface area is 129 Å². The summed E-state index contributed by atoms with van der Waals surface area (Å²) in [6.45, 7) is 4.32. The minimum Gasteiger partial charge on any atom is -0.355 e. The monoisotopic (exact) mass is 309 g/mol. The van der Waals surface area contributed by atoms with E-state index in [4.69, 9.17) is 0 Å². The number of piperidine rings is 1. The van der Waals surface area contributed by atoms with Crippen molar-refractivity contribution in [3.05, 3.63) is 22.4 Å². The Morgan fingerprint density at radius 1 is 1.48 bits per heavy atom. The maximum Gasteiger partial charge on any atom is 0.234 e. The number of carbonyl (C=O) groups is 2. The third kappa shape index (κ3) is 5.85. The van der Waals surface area contributed by atoms with Crippen molar-refractivity contribution in [1.82, 2.24) is 15.5 Å². The van der Waals surface area contributed by atoms with Crippen molar-refractivity contribution in [2.24, 2.45) is 0 Å². The van der Waals surface area contributed by atoms with Crippen molar-refractivity contribution < 1.29 is 9.59 Å². The fraction of sp³-hybridized carbons (Fsp3) is 0.600. The number of thiophene rings is 1. The largest absolute Gasteiger partial charge is 0.355 e. The van der Waals surface area contributed by atoms with Gasteiger partial charge in [-0.1, -0.05) is 6.07 Å². The molecule has 2 amide bonds. The first-order chi connectivity index (χ1) is 10.1. The highest BCUT2D eigenvalue weighted by Gasteiger charge is 2.21. The summed E-state index contributed by atoms with van der Waals surface area (Å²) < 4.78 is 0. The zero-order valence-electron chi connectivity index (χ0n) is 12.4. The van der Waals surface area contributed by atoms with Crippen LogP contribution in [-0.4, -0.2) is 48.9 Å². The number of hydrogen-bond acceptors (Lipinski definition) is 4. The van der Waals surface area contributed by atoms with E-state index in [9.17, 15) is 9.59 Å². The Morgan fingerprint density at radius 2 is 2.33 bits per heavy atom. The number of nitrogens with one attached hydrogen (secondary N) is 2. The van der Waals surface area contributed by atoms with Gasteiger partial charge in [-0.05, 0) is 37.3 Å². The minimum atomic E-state index is 0.00208. The first-order valence-corrected chi connectivity index (χ1v) is 8.30. The molecule has 0 bridgehead atoms. The van der Waals surface area contributed by atoms with E-state index in [-0.39, 0.29) is 17.9 Å². The topological polar surface area (TPSA) is 61.4 Å². The quantitative estimate of drug-likeness (QED) is 0.824. The second-order valence-electron chi connectivity index (χ2n) is 5.45. The van der Waals surface area contributed by atoms with Crippen molar-refractivity contribution >= 4 is 23.2 Å². The summed E-state index contributed by atoms with van der Waals surface area (Å²) in [7, 11) is 0. The van der Waals surface area contributed by atoms with Crippen LogP contribution in [0.4, 0.5) is 0 Å². The lowest BCUT2D eigenvalue weighted by Gasteiger charge is -2.32. The number of likely N-dealkylation sites (tertiary alicyclic amines) is 1. The molecule has 1 atom stereocenters. The smallest absolute Gasteiger partial charge is 0.234 e. The third-order valence-corrected chi connectivity index (χ3v) is 4.49. The van der Waals surface area contributed by atoms with Crippen LogP contribution in [0.25, 0.3) is 0 Å². The van der Waals surface area contributed by atoms with Crippen molar-refractivity contribution in [3.63, 3.8) is 0 Å². The van der Waals surface area contributed by atoms with Crippen molar-refractivity contribution in [2.45, 2.75) is 32.2 Å². The molecule has 1 unspecified atom stereocenters. The molecule has 1 aromatic rings. The van der Waals surface area contributed by atoms with E-state index in [2.05, 4.69) is 21.6 Å². The molecule has 2 rings (SSSR count). The first kappa shape index (κ1) is 16.0. The summed E-state index contributed by atoms with van der Waals surface area (Å²) >= 11 is 1.71. The van der Waals surface area contributed by atoms with Gasteiger partial charge in [0, 0.05) is 30.9 Å². The Bertz CT molecular complexity index is 461. The Kier molecular flexibility index (Phi) is 6.20. The third-order valence-electron chi connectivity index (χ3n) is 3.55. The van der Waals surface area contributed by atoms with Crippen LogP contribution in [0, 0.1) is 0 Å². The van der Waals surface area contributed by atoms with Crippen LogP contribution in [-0.2, 0) is 16.0 Å². The average Bonchev–Trinajstić information content (AvgIpc) is 2.91. The van der Waals surface area contributed by atoms with Crippen LogP contribution in [0.5, 0.6) is 0 Å². The number of nitrogens with zero attached hydrogens (tertiary/aromatic N) is 1. The molecule has 0 aliphatic carbocycles. The molecule has 1 saturated heterocycles. The molecule has 1 fully saturated rings. The number of carbonyl (C=O) groups excluding carboxylic acids is 2. The molecule has 5 nitrogen and oxygen atoms in total. The summed E-state index contributed by atoms with van der Waals surface area (Å²) in [6, 6.07) is 4.28. The van der Waals surface area contributed by atoms with E-state index < -0.39 is 0 Å². The van der Waals surface area contributed by atoms with Crippen molar-refractivity contribution in [2.75, 3.05) is 26.2 Å². The second kappa shape index (κ2) is 8.14. The van der Waals surface area contributed by atoms with Gasteiger partial charge in [-0.3, -0.25) is 14.5 Å². The molecule has 1 aromatic heterocycles. The zero-order chi connectivity index (χ0) is 15.1. The van der Waals surface area contributed by atoms with Gasteiger partial charge in [0.1, 0.15) is 0 Å². The summed E-state index contributed by atoms with van der Waals surface area (Å²) in [5.74, 6) is 0.0669. The van der Waals surface area contributed by atoms with Crippen LogP contribution < -0.4 is 10.6 Å². The van der Waals surface area contributed by atoms with Gasteiger partial charge < -0.3 is 10.6 Å². The Hall–Kier alpha value is -1.40. The maximum absolute atomic E-state index is 11.9. The van der Waals surface area contributed by atoms with E-state index in [1.807, 2.05) is 11.4 Å². The molecule has 1 aliphatic heterocycles. The first-order valence-electron chi connectivity index (χ1n) is 7.42. The summed E-state index contributed by atoms with van der Waals surface area (Å²) in [4.78, 5) is 26.4.